The van der Waals surface area contributed by atoms with E-state index in [1.54, 1.807) is 11.1 Å². The van der Waals surface area contributed by atoms with Gasteiger partial charge in [0, 0.05) is 31.5 Å². The monoisotopic (exact) mass is 372 g/mol. The van der Waals surface area contributed by atoms with Gasteiger partial charge in [0.15, 0.2) is 5.82 Å². The lowest BCUT2D eigenvalue weighted by Gasteiger charge is -2.36. The Hall–Kier alpha value is -3.34. The van der Waals surface area contributed by atoms with Crippen LogP contribution in [0.2, 0.25) is 0 Å². The van der Waals surface area contributed by atoms with Gasteiger partial charge < -0.3 is 10.2 Å². The summed E-state index contributed by atoms with van der Waals surface area (Å²) in [5, 5.41) is 3.04. The van der Waals surface area contributed by atoms with Crippen molar-refractivity contribution in [2.24, 2.45) is 0 Å². The number of carbonyl (C=O) groups excluding carboxylic acids is 1. The molecule has 2 heterocycles. The van der Waals surface area contributed by atoms with Gasteiger partial charge in [0.05, 0.1) is 5.69 Å². The average Bonchev–Trinajstić information content (AvgIpc) is 2.68. The second-order valence-corrected chi connectivity index (χ2v) is 7.21. The number of rotatable bonds is 3. The minimum Gasteiger partial charge on any atom is -0.349 e. The molecule has 0 radical (unpaired) electrons. The summed E-state index contributed by atoms with van der Waals surface area (Å²) in [7, 11) is 0. The van der Waals surface area contributed by atoms with Crippen LogP contribution in [0, 0.1) is 13.8 Å². The Morgan fingerprint density at radius 1 is 1.00 bits per heavy atom. The van der Waals surface area contributed by atoms with Gasteiger partial charge in [-0.15, -0.1) is 0 Å². The molecule has 0 spiro atoms. The molecule has 0 atom stereocenters. The van der Waals surface area contributed by atoms with E-state index in [4.69, 9.17) is 0 Å². The van der Waals surface area contributed by atoms with Gasteiger partial charge >= 0.3 is 6.03 Å². The van der Waals surface area contributed by atoms with Gasteiger partial charge in [0.2, 0.25) is 0 Å². The maximum Gasteiger partial charge on any atom is 0.326 e. The molecule has 1 aliphatic heterocycles. The topological polar surface area (TPSA) is 48.5 Å². The average molecular weight is 372 g/mol. The van der Waals surface area contributed by atoms with Crippen LogP contribution in [-0.4, -0.2) is 24.1 Å². The number of pyridine rings is 1. The molecule has 1 aromatic heterocycles. The number of aryl methyl sites for hydroxylation is 2. The minimum atomic E-state index is -0.126. The van der Waals surface area contributed by atoms with Gasteiger partial charge in [-0.25, -0.2) is 9.78 Å². The fourth-order valence-electron chi connectivity index (χ4n) is 3.70. The highest BCUT2D eigenvalue weighted by Crippen LogP contribution is 2.32. The van der Waals surface area contributed by atoms with E-state index in [9.17, 15) is 4.79 Å². The quantitative estimate of drug-likeness (QED) is 0.721. The van der Waals surface area contributed by atoms with Crippen molar-refractivity contribution in [3.05, 3.63) is 83.6 Å². The van der Waals surface area contributed by atoms with Gasteiger partial charge in [-0.1, -0.05) is 36.4 Å². The molecule has 1 aliphatic rings. The number of benzene rings is 2. The highest BCUT2D eigenvalue weighted by Gasteiger charge is 2.27. The first-order chi connectivity index (χ1) is 13.6. The van der Waals surface area contributed by atoms with E-state index in [2.05, 4.69) is 33.4 Å². The molecule has 1 N–H and O–H groups in total. The van der Waals surface area contributed by atoms with E-state index in [0.29, 0.717) is 6.54 Å². The molecular weight excluding hydrogens is 348 g/mol. The zero-order valence-electron chi connectivity index (χ0n) is 16.2. The van der Waals surface area contributed by atoms with Crippen molar-refractivity contribution in [2.45, 2.75) is 20.4 Å². The summed E-state index contributed by atoms with van der Waals surface area (Å²) in [6.45, 7) is 6.19. The fraction of sp³-hybridized carbons (Fsp3) is 0.217. The van der Waals surface area contributed by atoms with Crippen LogP contribution in [0.4, 0.5) is 22.0 Å². The summed E-state index contributed by atoms with van der Waals surface area (Å²) in [5.41, 5.74) is 5.15. The molecule has 5 nitrogen and oxygen atoms in total. The van der Waals surface area contributed by atoms with Gasteiger partial charge in [0.25, 0.3) is 0 Å². The molecule has 4 rings (SSSR count). The van der Waals surface area contributed by atoms with Crippen LogP contribution >= 0.6 is 0 Å². The zero-order valence-corrected chi connectivity index (χ0v) is 16.2. The molecule has 0 bridgehead atoms. The summed E-state index contributed by atoms with van der Waals surface area (Å²) in [6, 6.07) is 20.1. The van der Waals surface area contributed by atoms with Gasteiger partial charge in [-0.05, 0) is 54.8 Å². The Labute approximate surface area is 165 Å². The van der Waals surface area contributed by atoms with Gasteiger partial charge in [0.1, 0.15) is 0 Å². The molecule has 2 amide bonds. The van der Waals surface area contributed by atoms with E-state index < -0.39 is 0 Å². The molecule has 0 aliphatic carbocycles. The molecule has 3 aromatic rings. The van der Waals surface area contributed by atoms with Crippen molar-refractivity contribution in [3.63, 3.8) is 0 Å². The van der Waals surface area contributed by atoms with Crippen molar-refractivity contribution < 1.29 is 4.79 Å². The van der Waals surface area contributed by atoms with E-state index >= 15 is 0 Å². The summed E-state index contributed by atoms with van der Waals surface area (Å²) >= 11 is 0. The predicted molar refractivity (Wildman–Crippen MR) is 114 cm³/mol. The van der Waals surface area contributed by atoms with Crippen LogP contribution in [-0.2, 0) is 6.54 Å². The van der Waals surface area contributed by atoms with E-state index in [-0.39, 0.29) is 6.03 Å². The van der Waals surface area contributed by atoms with E-state index in [0.717, 1.165) is 41.4 Å². The first-order valence-corrected chi connectivity index (χ1v) is 9.51. The largest absolute Gasteiger partial charge is 0.349 e. The summed E-state index contributed by atoms with van der Waals surface area (Å²) in [6.07, 6.45) is 1.78. The number of hydrogen-bond acceptors (Lipinski definition) is 3. The summed E-state index contributed by atoms with van der Waals surface area (Å²) in [5.74, 6) is 0.841. The van der Waals surface area contributed by atoms with Crippen LogP contribution in [0.5, 0.6) is 0 Å². The lowest BCUT2D eigenvalue weighted by molar-refractivity contribution is 0.256. The second kappa shape index (κ2) is 7.72. The molecule has 2 aromatic carbocycles. The first kappa shape index (κ1) is 18.0. The van der Waals surface area contributed by atoms with Crippen molar-refractivity contribution in [1.82, 2.24) is 4.98 Å². The molecular formula is C23H24N4O. The number of anilines is 3. The van der Waals surface area contributed by atoms with Crippen LogP contribution in [0.25, 0.3) is 0 Å². The predicted octanol–water partition coefficient (Wildman–Crippen LogP) is 4.76. The maximum absolute atomic E-state index is 13.0. The number of aromatic nitrogens is 1. The number of urea groups is 1. The maximum atomic E-state index is 13.0. The Kier molecular flexibility index (Phi) is 4.98. The highest BCUT2D eigenvalue weighted by molar-refractivity contribution is 6.04. The third-order valence-electron chi connectivity index (χ3n) is 4.88. The minimum absolute atomic E-state index is 0.126. The SMILES string of the molecule is Cc1cc(C)cc(NC(=O)N2CCN(Cc3ccccc3)c3ncccc32)c1. The van der Waals surface area contributed by atoms with E-state index in [1.807, 2.05) is 56.3 Å². The Balaban J connectivity index is 1.56. The number of carbonyl (C=O) groups is 1. The number of hydrogen-bond donors (Lipinski definition) is 1. The van der Waals surface area contributed by atoms with Gasteiger partial charge in [-0.3, -0.25) is 4.90 Å². The zero-order chi connectivity index (χ0) is 19.5. The molecule has 0 fully saturated rings. The molecule has 5 heteroatoms. The molecule has 0 unspecified atom stereocenters. The van der Waals surface area contributed by atoms with Crippen LogP contribution < -0.4 is 15.1 Å². The van der Waals surface area contributed by atoms with Crippen molar-refractivity contribution >= 4 is 23.2 Å². The van der Waals surface area contributed by atoms with Crippen molar-refractivity contribution in [2.75, 3.05) is 28.2 Å². The molecule has 142 valence electrons. The molecule has 0 saturated carbocycles. The number of nitrogens with zero attached hydrogens (tertiary/aromatic N) is 3. The second-order valence-electron chi connectivity index (χ2n) is 7.21. The Morgan fingerprint density at radius 3 is 2.50 bits per heavy atom. The number of fused-ring (bicyclic) bond motifs is 1. The normalized spacial score (nSPS) is 13.2. The fourth-order valence-corrected chi connectivity index (χ4v) is 3.70. The van der Waals surface area contributed by atoms with E-state index in [1.165, 1.54) is 5.56 Å². The smallest absolute Gasteiger partial charge is 0.326 e. The lowest BCUT2D eigenvalue weighted by Crippen LogP contribution is -2.46. The first-order valence-electron chi connectivity index (χ1n) is 9.51. The summed E-state index contributed by atoms with van der Waals surface area (Å²) in [4.78, 5) is 21.6. The van der Waals surface area contributed by atoms with Gasteiger partial charge in [-0.2, -0.15) is 0 Å². The third kappa shape index (κ3) is 3.83. The summed E-state index contributed by atoms with van der Waals surface area (Å²) < 4.78 is 0. The van der Waals surface area contributed by atoms with Crippen LogP contribution in [0.15, 0.2) is 66.9 Å². The standard InChI is InChI=1S/C23H24N4O/c1-17-13-18(2)15-20(14-17)25-23(28)27-12-11-26(16-19-7-4-3-5-8-19)22-21(27)9-6-10-24-22/h3-10,13-15H,11-12,16H2,1-2H3,(H,25,28). The number of amides is 2. The van der Waals surface area contributed by atoms with Crippen molar-refractivity contribution in [1.29, 1.82) is 0 Å². The molecule has 28 heavy (non-hydrogen) atoms. The Bertz CT molecular complexity index is 967. The third-order valence-corrected chi connectivity index (χ3v) is 4.88. The van der Waals surface area contributed by atoms with Crippen LogP contribution in [0.1, 0.15) is 16.7 Å². The number of nitrogens with one attached hydrogen (secondary N) is 1. The Morgan fingerprint density at radius 2 is 1.75 bits per heavy atom. The van der Waals surface area contributed by atoms with Crippen LogP contribution in [0.3, 0.4) is 0 Å². The lowest BCUT2D eigenvalue weighted by atomic mass is 10.1. The highest BCUT2D eigenvalue weighted by atomic mass is 16.2. The van der Waals surface area contributed by atoms with Crippen molar-refractivity contribution in [3.8, 4) is 0 Å². The molecule has 0 saturated heterocycles.